The summed E-state index contributed by atoms with van der Waals surface area (Å²) in [6, 6.07) is 10.6. The molecule has 37 heavy (non-hydrogen) atoms. The normalized spacial score (nSPS) is 21.6. The van der Waals surface area contributed by atoms with Crippen molar-refractivity contribution in [1.82, 2.24) is 10.3 Å². The number of nitrogens with zero attached hydrogens (tertiary/aromatic N) is 1. The molecule has 3 aromatic rings. The monoisotopic (exact) mass is 549 g/mol. The second kappa shape index (κ2) is 10.1. The van der Waals surface area contributed by atoms with Gasteiger partial charge in [0.1, 0.15) is 5.69 Å². The molecule has 2 N–H and O–H groups in total. The number of Topliss-reactive ketones (excluding diaryl/α,β-unsaturated/α-hetero) is 1. The van der Waals surface area contributed by atoms with E-state index in [0.717, 1.165) is 31.7 Å². The number of anilines is 1. The average molecular weight is 550 g/mol. The van der Waals surface area contributed by atoms with E-state index in [2.05, 4.69) is 15.6 Å². The van der Waals surface area contributed by atoms with Gasteiger partial charge in [0.25, 0.3) is 0 Å². The van der Waals surface area contributed by atoms with E-state index in [9.17, 15) is 22.8 Å². The highest BCUT2D eigenvalue weighted by molar-refractivity contribution is 6.31. The summed E-state index contributed by atoms with van der Waals surface area (Å²) in [6.45, 7) is 0.493. The van der Waals surface area contributed by atoms with Crippen molar-refractivity contribution in [3.63, 3.8) is 0 Å². The van der Waals surface area contributed by atoms with Gasteiger partial charge in [-0.05, 0) is 79.6 Å². The van der Waals surface area contributed by atoms with Crippen LogP contribution in [0.15, 0.2) is 42.5 Å². The van der Waals surface area contributed by atoms with Crippen molar-refractivity contribution < 1.29 is 22.8 Å². The summed E-state index contributed by atoms with van der Waals surface area (Å²) in [7, 11) is 0. The predicted octanol–water partition coefficient (Wildman–Crippen LogP) is 7.02. The van der Waals surface area contributed by atoms with E-state index in [1.807, 2.05) is 0 Å². The van der Waals surface area contributed by atoms with Crippen LogP contribution >= 0.6 is 23.2 Å². The van der Waals surface area contributed by atoms with Crippen LogP contribution in [0.3, 0.4) is 0 Å². The molecule has 1 aromatic heterocycles. The maximum absolute atomic E-state index is 13.4. The highest BCUT2D eigenvalue weighted by Gasteiger charge is 2.36. The van der Waals surface area contributed by atoms with Crippen molar-refractivity contribution in [2.75, 3.05) is 11.9 Å². The maximum Gasteiger partial charge on any atom is 0.433 e. The summed E-state index contributed by atoms with van der Waals surface area (Å²) >= 11 is 12.2. The zero-order valence-electron chi connectivity index (χ0n) is 19.7. The van der Waals surface area contributed by atoms with Crippen molar-refractivity contribution in [2.24, 2.45) is 5.92 Å². The number of rotatable bonds is 5. The van der Waals surface area contributed by atoms with Gasteiger partial charge in [-0.15, -0.1) is 0 Å². The molecule has 2 aromatic carbocycles. The number of halogens is 5. The number of alkyl halides is 3. The van der Waals surface area contributed by atoms with E-state index in [1.165, 1.54) is 12.1 Å². The van der Waals surface area contributed by atoms with Crippen LogP contribution in [0, 0.1) is 5.92 Å². The smallest absolute Gasteiger partial charge is 0.384 e. The largest absolute Gasteiger partial charge is 0.433 e. The summed E-state index contributed by atoms with van der Waals surface area (Å²) in [5.41, 5.74) is 0.845. The van der Waals surface area contributed by atoms with E-state index in [1.54, 1.807) is 24.3 Å². The van der Waals surface area contributed by atoms with Crippen molar-refractivity contribution in [1.29, 1.82) is 0 Å². The summed E-state index contributed by atoms with van der Waals surface area (Å²) in [4.78, 5) is 29.0. The molecule has 1 unspecified atom stereocenters. The minimum atomic E-state index is -4.56. The van der Waals surface area contributed by atoms with Crippen LogP contribution in [0.5, 0.6) is 0 Å². The number of hydrogen-bond acceptors (Lipinski definition) is 4. The molecule has 194 valence electrons. The Bertz CT molecular complexity index is 1370. The molecule has 1 saturated carbocycles. The van der Waals surface area contributed by atoms with Gasteiger partial charge >= 0.3 is 6.18 Å². The number of aromatic nitrogens is 1. The van der Waals surface area contributed by atoms with Gasteiger partial charge in [-0.1, -0.05) is 23.2 Å². The van der Waals surface area contributed by atoms with Gasteiger partial charge in [-0.3, -0.25) is 9.59 Å². The molecule has 5 nitrogen and oxygen atoms in total. The molecule has 2 aliphatic carbocycles. The van der Waals surface area contributed by atoms with E-state index in [4.69, 9.17) is 23.2 Å². The summed E-state index contributed by atoms with van der Waals surface area (Å²) in [6.07, 6.45) is -1.31. The molecule has 0 saturated heterocycles. The number of pyridine rings is 1. The summed E-state index contributed by atoms with van der Waals surface area (Å²) in [5, 5.41) is 7.72. The average Bonchev–Trinajstić information content (AvgIpc) is 3.18. The second-order valence-corrected chi connectivity index (χ2v) is 10.6. The van der Waals surface area contributed by atoms with Gasteiger partial charge < -0.3 is 10.6 Å². The first-order valence-corrected chi connectivity index (χ1v) is 12.9. The van der Waals surface area contributed by atoms with Crippen LogP contribution in [0.4, 0.5) is 18.9 Å². The molecule has 0 bridgehead atoms. The standard InChI is InChI=1S/C27H24Cl2F3N3O2/c28-15-3-7-18-19(9-15)20(11-24(18)36)26(37)34-17-5-1-14(2-6-17)13-33-23-12-25(27(30,31)32)35-22-8-4-16(29)10-21(22)23/h3-4,7-10,12,14,17,20H,1-2,5-6,11,13H2,(H,33,35)(H,34,37). The first-order chi connectivity index (χ1) is 17.6. The van der Waals surface area contributed by atoms with Crippen molar-refractivity contribution in [3.8, 4) is 0 Å². The second-order valence-electron chi connectivity index (χ2n) is 9.73. The van der Waals surface area contributed by atoms with Crippen LogP contribution in [0.2, 0.25) is 10.0 Å². The van der Waals surface area contributed by atoms with Gasteiger partial charge in [-0.25, -0.2) is 4.98 Å². The molecule has 5 rings (SSSR count). The fourth-order valence-corrected chi connectivity index (χ4v) is 5.62. The lowest BCUT2D eigenvalue weighted by Gasteiger charge is -2.30. The minimum absolute atomic E-state index is 0.0144. The summed E-state index contributed by atoms with van der Waals surface area (Å²) < 4.78 is 40.1. The molecular weight excluding hydrogens is 526 g/mol. The Labute approximate surface area is 221 Å². The SMILES string of the molecule is O=C1CC(C(=O)NC2CCC(CNc3cc(C(F)(F)F)nc4ccc(Cl)cc34)CC2)c2cc(Cl)ccc21. The Morgan fingerprint density at radius 2 is 1.70 bits per heavy atom. The van der Waals surface area contributed by atoms with E-state index in [-0.39, 0.29) is 35.6 Å². The molecule has 2 aliphatic rings. The third-order valence-corrected chi connectivity index (χ3v) is 7.70. The number of hydrogen-bond donors (Lipinski definition) is 2. The fraction of sp³-hybridized carbons (Fsp3) is 0.370. The molecule has 1 atom stereocenters. The maximum atomic E-state index is 13.4. The lowest BCUT2D eigenvalue weighted by Crippen LogP contribution is -2.40. The van der Waals surface area contributed by atoms with Crippen molar-refractivity contribution in [3.05, 3.63) is 69.3 Å². The van der Waals surface area contributed by atoms with E-state index >= 15 is 0 Å². The number of fused-ring (bicyclic) bond motifs is 2. The highest BCUT2D eigenvalue weighted by atomic mass is 35.5. The fourth-order valence-electron chi connectivity index (χ4n) is 5.27. The molecule has 0 radical (unpaired) electrons. The number of amides is 1. The molecule has 0 spiro atoms. The van der Waals surface area contributed by atoms with Gasteiger partial charge in [0.15, 0.2) is 5.78 Å². The molecule has 1 amide bonds. The van der Waals surface area contributed by atoms with Gasteiger partial charge in [-0.2, -0.15) is 13.2 Å². The number of benzene rings is 2. The predicted molar refractivity (Wildman–Crippen MR) is 137 cm³/mol. The Morgan fingerprint density at radius 3 is 2.43 bits per heavy atom. The molecular formula is C27H24Cl2F3N3O2. The number of ketones is 1. The quantitative estimate of drug-likeness (QED) is 0.358. The number of nitrogens with one attached hydrogen (secondary N) is 2. The third-order valence-electron chi connectivity index (χ3n) is 7.23. The molecule has 1 heterocycles. The van der Waals surface area contributed by atoms with Crippen LogP contribution in [-0.2, 0) is 11.0 Å². The van der Waals surface area contributed by atoms with Crippen molar-refractivity contribution in [2.45, 2.75) is 50.2 Å². The zero-order valence-corrected chi connectivity index (χ0v) is 21.2. The summed E-state index contributed by atoms with van der Waals surface area (Å²) in [5.74, 6) is -0.524. The van der Waals surface area contributed by atoms with Crippen LogP contribution in [0.25, 0.3) is 10.9 Å². The molecule has 10 heteroatoms. The lowest BCUT2D eigenvalue weighted by molar-refractivity contribution is -0.140. The third kappa shape index (κ3) is 5.55. The Balaban J connectivity index is 1.20. The van der Waals surface area contributed by atoms with Crippen LogP contribution < -0.4 is 10.6 Å². The first kappa shape index (κ1) is 25.8. The van der Waals surface area contributed by atoms with Gasteiger partial charge in [0.2, 0.25) is 5.91 Å². The topological polar surface area (TPSA) is 71.1 Å². The van der Waals surface area contributed by atoms with Gasteiger partial charge in [0, 0.05) is 45.7 Å². The Morgan fingerprint density at radius 1 is 1.00 bits per heavy atom. The van der Waals surface area contributed by atoms with Crippen LogP contribution in [-0.4, -0.2) is 29.3 Å². The van der Waals surface area contributed by atoms with E-state index < -0.39 is 17.8 Å². The van der Waals surface area contributed by atoms with Crippen LogP contribution in [0.1, 0.15) is 59.6 Å². The van der Waals surface area contributed by atoms with Gasteiger partial charge in [0.05, 0.1) is 11.4 Å². The Kier molecular flexibility index (Phi) is 7.07. The molecule has 0 aliphatic heterocycles. The highest BCUT2D eigenvalue weighted by Crippen LogP contribution is 2.37. The van der Waals surface area contributed by atoms with Crippen molar-refractivity contribution >= 4 is 51.5 Å². The minimum Gasteiger partial charge on any atom is -0.384 e. The lowest BCUT2D eigenvalue weighted by atomic mass is 9.85. The zero-order chi connectivity index (χ0) is 26.3. The first-order valence-electron chi connectivity index (χ1n) is 12.1. The number of carbonyl (C=O) groups excluding carboxylic acids is 2. The Hall–Kier alpha value is -2.84. The van der Waals surface area contributed by atoms with E-state index in [0.29, 0.717) is 38.8 Å². The molecule has 1 fully saturated rings. The number of carbonyl (C=O) groups is 2.